The van der Waals surface area contributed by atoms with E-state index >= 15 is 0 Å². The van der Waals surface area contributed by atoms with Crippen LogP contribution in [0.3, 0.4) is 0 Å². The second kappa shape index (κ2) is 12.5. The van der Waals surface area contributed by atoms with Crippen molar-refractivity contribution in [1.29, 1.82) is 0 Å². The summed E-state index contributed by atoms with van der Waals surface area (Å²) in [5.74, 6) is 1.31. The minimum absolute atomic E-state index is 0. The number of halogens is 4. The molecule has 2 heterocycles. The first kappa shape index (κ1) is 31.6. The fraction of sp³-hybridized carbons (Fsp3) is 0.409. The Balaban J connectivity index is 0.000000618. The molecule has 2 aromatic rings. The Labute approximate surface area is 238 Å². The molecule has 0 spiro atoms. The lowest BCUT2D eigenvalue weighted by atomic mass is 8.81. The molecule has 0 aromatic heterocycles. The average molecular weight is 614 g/mol. The van der Waals surface area contributed by atoms with Crippen LogP contribution in [-0.4, -0.2) is 88.5 Å². The molecule has 2 aromatic carbocycles. The quantitative estimate of drug-likeness (QED) is 0.190. The summed E-state index contributed by atoms with van der Waals surface area (Å²) in [6, 6.07) is 6.21. The van der Waals surface area contributed by atoms with Gasteiger partial charge < -0.3 is 42.7 Å². The number of fused-ring (bicyclic) bond motifs is 2. The highest BCUT2D eigenvalue weighted by Crippen LogP contribution is 2.51. The number of carbonyl (C=O) groups excluding carboxylic acids is 1. The summed E-state index contributed by atoms with van der Waals surface area (Å²) in [5, 5.41) is 0. The highest BCUT2D eigenvalue weighted by molar-refractivity contribution is 7.76. The molecule has 186 valence electrons. The molecule has 15 heteroatoms. The first-order valence-corrected chi connectivity index (χ1v) is 11.3. The van der Waals surface area contributed by atoms with Gasteiger partial charge in [0.2, 0.25) is 12.5 Å². The molecular weight excluding hydrogens is 591 g/mol. The summed E-state index contributed by atoms with van der Waals surface area (Å²) in [4.78, 5) is 13.0. The predicted octanol–water partition coefficient (Wildman–Crippen LogP) is -0.891. The molecule has 0 saturated carbocycles. The van der Waals surface area contributed by atoms with Gasteiger partial charge >= 0.3 is 6.18 Å². The van der Waals surface area contributed by atoms with Crippen LogP contribution in [0.25, 0.3) is 0 Å². The Bertz CT molecular complexity index is 1110. The fourth-order valence-electron chi connectivity index (χ4n) is 4.28. The van der Waals surface area contributed by atoms with Gasteiger partial charge in [-0.2, -0.15) is 13.2 Å². The summed E-state index contributed by atoms with van der Waals surface area (Å²) in [6.45, 7) is 0.872. The monoisotopic (exact) mass is 615 g/mol. The van der Waals surface area contributed by atoms with Crippen LogP contribution < -0.4 is 38.2 Å². The maximum Gasteiger partial charge on any atom is 0.416 e. The molecule has 0 saturated heterocycles. The van der Waals surface area contributed by atoms with E-state index in [2.05, 4.69) is 0 Å². The van der Waals surface area contributed by atoms with E-state index in [0.29, 0.717) is 21.7 Å². The van der Waals surface area contributed by atoms with E-state index < -0.39 is 24.5 Å². The van der Waals surface area contributed by atoms with E-state index in [4.69, 9.17) is 45.2 Å². The molecule has 0 amide bonds. The number of hydrogen-bond donors (Lipinski definition) is 0. The Morgan fingerprint density at radius 2 is 1.78 bits per heavy atom. The van der Waals surface area contributed by atoms with Crippen LogP contribution in [0.4, 0.5) is 13.2 Å². The maximum absolute atomic E-state index is 13.1. The number of Topliss-reactive ketones (excluding diaryl/α,β-unsaturated/α-hetero) is 1. The first-order valence-electron chi connectivity index (χ1n) is 11.3. The number of carbonyl (C=O) groups is 1. The number of ether oxygens (including phenoxy) is 3. The Morgan fingerprint density at radius 3 is 2.35 bits per heavy atom. The van der Waals surface area contributed by atoms with Gasteiger partial charge in [-0.1, -0.05) is 12.1 Å². The van der Waals surface area contributed by atoms with Crippen molar-refractivity contribution in [3.63, 3.8) is 0 Å². The van der Waals surface area contributed by atoms with Crippen LogP contribution in [-0.2, 0) is 12.6 Å². The molecule has 0 bridgehead atoms. The molecule has 0 aliphatic carbocycles. The van der Waals surface area contributed by atoms with Crippen molar-refractivity contribution in [2.75, 3.05) is 34.5 Å². The third-order valence-electron chi connectivity index (χ3n) is 6.42. The van der Waals surface area contributed by atoms with E-state index in [1.807, 2.05) is 20.2 Å². The van der Waals surface area contributed by atoms with Crippen molar-refractivity contribution >= 4 is 49.5 Å². The molecule has 4 rings (SSSR count). The van der Waals surface area contributed by atoms with E-state index in [1.54, 1.807) is 0 Å². The van der Waals surface area contributed by atoms with Crippen LogP contribution in [0.1, 0.15) is 39.5 Å². The second-order valence-electron chi connectivity index (χ2n) is 9.35. The third kappa shape index (κ3) is 7.28. The standard InChI is InChI=1S/C22H23F3NO4.B6.HI/c1-26(2)8-7-14-10-18-20(30-12-29-18)21(28-3)19(14)16(26)11-17(27)13-5-4-6-15(9-13)22(23,24)25;1-5(2)6(3)4;/h4-6,9-10,16H,7-8,11-12H2,1-3H3;;1H/q+1;;/p-1. The van der Waals surface area contributed by atoms with E-state index in [0.717, 1.165) is 36.2 Å². The van der Waals surface area contributed by atoms with E-state index in [-0.39, 0.29) is 54.6 Å². The summed E-state index contributed by atoms with van der Waals surface area (Å²) in [7, 11) is 25.4. The minimum Gasteiger partial charge on any atom is -1.00 e. The Kier molecular flexibility index (Phi) is 10.7. The number of ketones is 1. The van der Waals surface area contributed by atoms with Gasteiger partial charge in [0.05, 0.1) is 45.3 Å². The van der Waals surface area contributed by atoms with Gasteiger partial charge in [0.1, 0.15) is 6.04 Å². The fourth-order valence-corrected chi connectivity index (χ4v) is 4.28. The van der Waals surface area contributed by atoms with Crippen molar-refractivity contribution in [2.45, 2.75) is 25.1 Å². The highest BCUT2D eigenvalue weighted by atomic mass is 127. The molecule has 2 aliphatic heterocycles. The molecule has 5 nitrogen and oxygen atoms in total. The molecule has 0 N–H and O–H groups in total. The Hall–Kier alpha value is -1.62. The molecular formula is C22H23B6F3INO4. The van der Waals surface area contributed by atoms with Crippen LogP contribution in [0.2, 0.25) is 0 Å². The lowest BCUT2D eigenvalue weighted by molar-refractivity contribution is -0.922. The molecule has 0 fully saturated rings. The van der Waals surface area contributed by atoms with Gasteiger partial charge in [-0.25, -0.2) is 0 Å². The summed E-state index contributed by atoms with van der Waals surface area (Å²) >= 11 is 0. The van der Waals surface area contributed by atoms with Gasteiger partial charge in [0.15, 0.2) is 17.3 Å². The van der Waals surface area contributed by atoms with Crippen molar-refractivity contribution in [3.8, 4) is 17.2 Å². The smallest absolute Gasteiger partial charge is 0.416 e. The number of likely N-dealkylation sites (N-methyl/N-ethyl adjacent to an activating group) is 1. The number of quaternary nitrogens is 1. The van der Waals surface area contributed by atoms with Gasteiger partial charge in [-0.15, -0.1) is 0 Å². The zero-order valence-electron chi connectivity index (χ0n) is 20.8. The maximum atomic E-state index is 13.1. The zero-order valence-corrected chi connectivity index (χ0v) is 23.0. The van der Waals surface area contributed by atoms with Gasteiger partial charge in [0, 0.05) is 55.7 Å². The zero-order chi connectivity index (χ0) is 26.8. The number of hydrogen-bond acceptors (Lipinski definition) is 4. The molecule has 37 heavy (non-hydrogen) atoms. The molecule has 8 radical (unpaired) electrons. The van der Waals surface area contributed by atoms with E-state index in [9.17, 15) is 18.0 Å². The third-order valence-corrected chi connectivity index (χ3v) is 6.42. The topological polar surface area (TPSA) is 44.8 Å². The number of benzene rings is 2. The summed E-state index contributed by atoms with van der Waals surface area (Å²) in [5.41, 5.74) is 1.09. The minimum atomic E-state index is -4.50. The summed E-state index contributed by atoms with van der Waals surface area (Å²) < 4.78 is 56.5. The SMILES string of the molecule is COc1c2c(cc3c1C(CC(=O)c1cccc(C(F)(F)F)c1)[N+](C)(C)CC3)OCO2.[B]B([B])B([B])[B].[I-]. The van der Waals surface area contributed by atoms with Crippen molar-refractivity contribution in [2.24, 2.45) is 0 Å². The average Bonchev–Trinajstić information content (AvgIpc) is 3.27. The summed E-state index contributed by atoms with van der Waals surface area (Å²) in [6.07, 6.45) is -4.86. The predicted molar refractivity (Wildman–Crippen MR) is 137 cm³/mol. The highest BCUT2D eigenvalue weighted by Gasteiger charge is 2.42. The lowest BCUT2D eigenvalue weighted by Crippen LogP contribution is -3.00. The van der Waals surface area contributed by atoms with Gasteiger partial charge in [-0.05, 0) is 23.8 Å². The normalized spacial score (nSPS) is 16.9. The van der Waals surface area contributed by atoms with Crippen LogP contribution >= 0.6 is 0 Å². The van der Waals surface area contributed by atoms with Crippen molar-refractivity contribution < 1.29 is 60.6 Å². The molecule has 2 aliphatic rings. The van der Waals surface area contributed by atoms with Crippen molar-refractivity contribution in [1.82, 2.24) is 0 Å². The largest absolute Gasteiger partial charge is 1.00 e. The van der Waals surface area contributed by atoms with Gasteiger partial charge in [-0.3, -0.25) is 4.79 Å². The van der Waals surface area contributed by atoms with Crippen molar-refractivity contribution in [3.05, 3.63) is 52.6 Å². The number of nitrogens with zero attached hydrogens (tertiary/aromatic N) is 1. The second-order valence-corrected chi connectivity index (χ2v) is 9.35. The van der Waals surface area contributed by atoms with Crippen LogP contribution in [0.15, 0.2) is 30.3 Å². The number of alkyl halides is 3. The Morgan fingerprint density at radius 1 is 1.14 bits per heavy atom. The first-order chi connectivity index (χ1) is 16.8. The molecule has 1 atom stereocenters. The van der Waals surface area contributed by atoms with Crippen LogP contribution in [0.5, 0.6) is 17.2 Å². The number of methoxy groups -OCH3 is 1. The molecule has 1 unspecified atom stereocenters. The lowest BCUT2D eigenvalue weighted by Gasteiger charge is -2.43. The van der Waals surface area contributed by atoms with E-state index in [1.165, 1.54) is 19.2 Å². The number of rotatable bonds is 5. The van der Waals surface area contributed by atoms with Gasteiger partial charge in [0.25, 0.3) is 0 Å². The van der Waals surface area contributed by atoms with Crippen LogP contribution in [0, 0.1) is 0 Å².